The lowest BCUT2D eigenvalue weighted by atomic mass is 9.92. The van der Waals surface area contributed by atoms with Gasteiger partial charge >= 0.3 is 6.09 Å². The number of nitrogens with one attached hydrogen (secondary N) is 1. The number of nitrogens with zero attached hydrogens (tertiary/aromatic N) is 2. The fourth-order valence-electron chi connectivity index (χ4n) is 4.24. The first kappa shape index (κ1) is 20.0. The van der Waals surface area contributed by atoms with Gasteiger partial charge in [0.1, 0.15) is 11.8 Å². The Labute approximate surface area is 189 Å². The van der Waals surface area contributed by atoms with Crippen molar-refractivity contribution in [3.63, 3.8) is 0 Å². The molecular weight excluding hydrogens is 424 g/mol. The minimum atomic E-state index is -0.452. The Kier molecular flexibility index (Phi) is 4.96. The summed E-state index contributed by atoms with van der Waals surface area (Å²) in [7, 11) is 0. The van der Waals surface area contributed by atoms with Crippen molar-refractivity contribution in [3.05, 3.63) is 94.1 Å². The molecule has 0 fully saturated rings. The molecule has 4 aromatic rings. The molecule has 7 heteroatoms. The normalized spacial score (nSPS) is 15.2. The van der Waals surface area contributed by atoms with E-state index in [9.17, 15) is 10.1 Å². The van der Waals surface area contributed by atoms with Crippen LogP contribution in [0.5, 0.6) is 5.75 Å². The molecule has 3 N–H and O–H groups in total. The number of halogens is 1. The maximum absolute atomic E-state index is 13.2. The van der Waals surface area contributed by atoms with Gasteiger partial charge in [0.05, 0.1) is 11.6 Å². The molecule has 0 radical (unpaired) electrons. The van der Waals surface area contributed by atoms with Gasteiger partial charge in [-0.3, -0.25) is 4.90 Å². The van der Waals surface area contributed by atoms with Crippen LogP contribution < -0.4 is 10.5 Å². The second-order valence-corrected chi connectivity index (χ2v) is 8.16. The van der Waals surface area contributed by atoms with Crippen molar-refractivity contribution in [2.75, 3.05) is 12.3 Å². The number of nitrogen functional groups attached to an aromatic ring is 1. The summed E-state index contributed by atoms with van der Waals surface area (Å²) in [6.07, 6.45) is 0.214. The number of rotatable bonds is 2. The van der Waals surface area contributed by atoms with Gasteiger partial charge in [0, 0.05) is 33.9 Å². The zero-order valence-electron chi connectivity index (χ0n) is 17.0. The zero-order valence-corrected chi connectivity index (χ0v) is 17.8. The molecule has 1 unspecified atom stereocenters. The fraction of sp³-hybridized carbons (Fsp3) is 0.120. The number of amides is 1. The van der Waals surface area contributed by atoms with Gasteiger partial charge in [-0.05, 0) is 72.1 Å². The Hall–Kier alpha value is -3.95. The third-order valence-electron chi connectivity index (χ3n) is 5.76. The average molecular weight is 443 g/mol. The molecule has 2 heterocycles. The summed E-state index contributed by atoms with van der Waals surface area (Å²) >= 11 is 6.25. The Balaban J connectivity index is 1.58. The van der Waals surface area contributed by atoms with Crippen molar-refractivity contribution in [1.29, 1.82) is 5.26 Å². The monoisotopic (exact) mass is 442 g/mol. The van der Waals surface area contributed by atoms with Gasteiger partial charge in [-0.25, -0.2) is 4.79 Å². The van der Waals surface area contributed by atoms with Crippen LogP contribution in [0.25, 0.3) is 10.9 Å². The maximum Gasteiger partial charge on any atom is 0.416 e. The smallest absolute Gasteiger partial charge is 0.410 e. The lowest BCUT2D eigenvalue weighted by molar-refractivity contribution is 0.135. The third kappa shape index (κ3) is 3.53. The van der Waals surface area contributed by atoms with E-state index >= 15 is 0 Å². The number of ether oxygens (including phenoxy) is 1. The molecule has 1 aliphatic rings. The molecule has 0 bridgehead atoms. The summed E-state index contributed by atoms with van der Waals surface area (Å²) in [5.41, 5.74) is 10.8. The van der Waals surface area contributed by atoms with Crippen LogP contribution in [0.3, 0.4) is 0 Å². The van der Waals surface area contributed by atoms with E-state index in [0.717, 1.165) is 27.7 Å². The summed E-state index contributed by atoms with van der Waals surface area (Å²) in [6, 6.07) is 21.5. The number of nitrogens with two attached hydrogens (primary N) is 1. The summed E-state index contributed by atoms with van der Waals surface area (Å²) in [6.45, 7) is 0.477. The van der Waals surface area contributed by atoms with Crippen LogP contribution in [-0.2, 0) is 6.42 Å². The maximum atomic E-state index is 13.2. The minimum absolute atomic E-state index is 0.390. The molecule has 1 aliphatic heterocycles. The molecular formula is C25H19ClN4O2. The number of hydrogen-bond donors (Lipinski definition) is 2. The van der Waals surface area contributed by atoms with E-state index < -0.39 is 6.09 Å². The molecule has 0 saturated carbocycles. The predicted octanol–water partition coefficient (Wildman–Crippen LogP) is 5.42. The lowest BCUT2D eigenvalue weighted by Crippen LogP contribution is -2.42. The van der Waals surface area contributed by atoms with Gasteiger partial charge in [-0.15, -0.1) is 0 Å². The summed E-state index contributed by atoms with van der Waals surface area (Å²) in [5.74, 6) is 0.428. The molecule has 6 nitrogen and oxygen atoms in total. The van der Waals surface area contributed by atoms with E-state index in [1.54, 1.807) is 41.3 Å². The Morgan fingerprint density at radius 2 is 1.88 bits per heavy atom. The standard InChI is InChI=1S/C25H19ClN4O2/c26-17-5-10-22-21(13-17)20-11-12-30(25(31)32-19-8-6-18(28)7-9-19)24(23(20)29-22)16-3-1-15(14-27)2-4-16/h1-10,13,24,29H,11-12,28H2. The van der Waals surface area contributed by atoms with Crippen LogP contribution >= 0.6 is 11.6 Å². The molecule has 5 rings (SSSR count). The van der Waals surface area contributed by atoms with Crippen molar-refractivity contribution in [2.24, 2.45) is 0 Å². The molecule has 32 heavy (non-hydrogen) atoms. The quantitative estimate of drug-likeness (QED) is 0.405. The molecule has 1 atom stereocenters. The number of anilines is 1. The first-order valence-corrected chi connectivity index (χ1v) is 10.6. The number of aromatic amines is 1. The number of H-pyrrole nitrogens is 1. The van der Waals surface area contributed by atoms with Crippen LogP contribution in [0.1, 0.15) is 28.4 Å². The molecule has 1 amide bonds. The predicted molar refractivity (Wildman–Crippen MR) is 124 cm³/mol. The number of carbonyl (C=O) groups excluding carboxylic acids is 1. The average Bonchev–Trinajstić information content (AvgIpc) is 3.18. The zero-order chi connectivity index (χ0) is 22.2. The topological polar surface area (TPSA) is 95.1 Å². The minimum Gasteiger partial charge on any atom is -0.410 e. The van der Waals surface area contributed by atoms with Crippen LogP contribution in [0.4, 0.5) is 10.5 Å². The third-order valence-corrected chi connectivity index (χ3v) is 6.00. The molecule has 158 valence electrons. The summed E-state index contributed by atoms with van der Waals surface area (Å²) in [5, 5.41) is 10.9. The highest BCUT2D eigenvalue weighted by atomic mass is 35.5. The number of benzene rings is 3. The molecule has 0 saturated heterocycles. The number of nitriles is 1. The van der Waals surface area contributed by atoms with Crippen molar-refractivity contribution >= 4 is 34.3 Å². The van der Waals surface area contributed by atoms with Crippen LogP contribution in [0, 0.1) is 11.3 Å². The second kappa shape index (κ2) is 7.95. The van der Waals surface area contributed by atoms with E-state index in [0.29, 0.717) is 35.0 Å². The van der Waals surface area contributed by atoms with Gasteiger partial charge in [-0.2, -0.15) is 5.26 Å². The number of hydrogen-bond acceptors (Lipinski definition) is 4. The number of fused-ring (bicyclic) bond motifs is 3. The van der Waals surface area contributed by atoms with E-state index in [4.69, 9.17) is 22.1 Å². The van der Waals surface area contributed by atoms with Crippen molar-refractivity contribution < 1.29 is 9.53 Å². The van der Waals surface area contributed by atoms with E-state index in [1.165, 1.54) is 0 Å². The van der Waals surface area contributed by atoms with Gasteiger partial charge < -0.3 is 15.5 Å². The molecule has 0 aliphatic carbocycles. The van der Waals surface area contributed by atoms with Crippen molar-refractivity contribution in [2.45, 2.75) is 12.5 Å². The SMILES string of the molecule is N#Cc1ccc(C2c3[nH]c4ccc(Cl)cc4c3CCN2C(=O)Oc2ccc(N)cc2)cc1. The largest absolute Gasteiger partial charge is 0.416 e. The Morgan fingerprint density at radius 1 is 1.12 bits per heavy atom. The van der Waals surface area contributed by atoms with Gasteiger partial charge in [0.2, 0.25) is 0 Å². The summed E-state index contributed by atoms with van der Waals surface area (Å²) < 4.78 is 5.66. The second-order valence-electron chi connectivity index (χ2n) is 7.72. The molecule has 1 aromatic heterocycles. The van der Waals surface area contributed by atoms with Crippen LogP contribution in [-0.4, -0.2) is 22.5 Å². The van der Waals surface area contributed by atoms with E-state index in [-0.39, 0.29) is 6.04 Å². The van der Waals surface area contributed by atoms with E-state index in [1.807, 2.05) is 30.3 Å². The molecule has 0 spiro atoms. The highest BCUT2D eigenvalue weighted by Gasteiger charge is 2.35. The number of carbonyl (C=O) groups is 1. The van der Waals surface area contributed by atoms with Crippen LogP contribution in [0.2, 0.25) is 5.02 Å². The highest BCUT2D eigenvalue weighted by Crippen LogP contribution is 2.39. The fourth-order valence-corrected chi connectivity index (χ4v) is 4.41. The Morgan fingerprint density at radius 3 is 2.59 bits per heavy atom. The first-order valence-electron chi connectivity index (χ1n) is 10.2. The Bertz CT molecular complexity index is 1350. The van der Waals surface area contributed by atoms with Crippen LogP contribution in [0.15, 0.2) is 66.7 Å². The van der Waals surface area contributed by atoms with Crippen molar-refractivity contribution in [1.82, 2.24) is 9.88 Å². The van der Waals surface area contributed by atoms with Gasteiger partial charge in [-0.1, -0.05) is 23.7 Å². The first-order chi connectivity index (χ1) is 15.5. The lowest BCUT2D eigenvalue weighted by Gasteiger charge is -2.35. The van der Waals surface area contributed by atoms with E-state index in [2.05, 4.69) is 11.1 Å². The number of aromatic nitrogens is 1. The van der Waals surface area contributed by atoms with Crippen molar-refractivity contribution in [3.8, 4) is 11.8 Å². The molecule has 3 aromatic carbocycles. The van der Waals surface area contributed by atoms with Gasteiger partial charge in [0.15, 0.2) is 0 Å². The van der Waals surface area contributed by atoms with Gasteiger partial charge in [0.25, 0.3) is 0 Å². The summed E-state index contributed by atoms with van der Waals surface area (Å²) in [4.78, 5) is 18.4. The highest BCUT2D eigenvalue weighted by molar-refractivity contribution is 6.31.